The normalized spacial score (nSPS) is 13.4. The molecule has 31 nitrogen and oxygen atoms in total. The maximum absolute atomic E-state index is 12.9. The molecule has 18 aromatic rings. The second kappa shape index (κ2) is 43.3. The van der Waals surface area contributed by atoms with Gasteiger partial charge in [-0.25, -0.2) is 57.9 Å². The van der Waals surface area contributed by atoms with Crippen molar-refractivity contribution in [1.82, 2.24) is 97.9 Å². The van der Waals surface area contributed by atoms with Crippen molar-refractivity contribution in [3.05, 3.63) is 356 Å². The first-order chi connectivity index (χ1) is 69.0. The Morgan fingerprint density at radius 2 is 0.723 bits per heavy atom. The number of aromatic nitrogens is 16. The van der Waals surface area contributed by atoms with Crippen LogP contribution in [0, 0.1) is 61.2 Å². The Balaban J connectivity index is 0.000000121. The number of amides is 4. The van der Waals surface area contributed by atoms with E-state index in [2.05, 4.69) is 116 Å². The number of carbonyl (C=O) groups is 4. The number of nitrogens with one attached hydrogen (secondary N) is 1. The number of halogens is 1. The lowest BCUT2D eigenvalue weighted by molar-refractivity contribution is 0.0301. The summed E-state index contributed by atoms with van der Waals surface area (Å²) in [6.07, 6.45) is 13.6. The molecule has 0 spiro atoms. The van der Waals surface area contributed by atoms with Gasteiger partial charge in [-0.3, -0.25) is 19.2 Å². The number of hydrogen-bond acceptors (Lipinski definition) is 24. The van der Waals surface area contributed by atoms with Crippen LogP contribution < -0.4 is 16.8 Å². The molecular weight excluding hydrogens is 1810 g/mol. The molecule has 0 saturated carbocycles. The summed E-state index contributed by atoms with van der Waals surface area (Å²) >= 11 is 8.04. The number of imidazole rings is 4. The number of anilines is 4. The Kier molecular flexibility index (Phi) is 28.4. The molecule has 4 aliphatic heterocycles. The van der Waals surface area contributed by atoms with Gasteiger partial charge in [0, 0.05) is 138 Å². The molecule has 22 rings (SSSR count). The molecular formula is C108H88ClN23O8S. The summed E-state index contributed by atoms with van der Waals surface area (Å²) in [5.74, 6) is 26.6. The lowest BCUT2D eigenvalue weighted by Gasteiger charge is -2.27. The molecule has 4 amide bonds. The molecule has 5 N–H and O–H groups in total. The van der Waals surface area contributed by atoms with E-state index >= 15 is 0 Å². The summed E-state index contributed by atoms with van der Waals surface area (Å²) in [6, 6.07) is 70.7. The molecule has 6 aromatic carbocycles. The third-order valence-electron chi connectivity index (χ3n) is 23.3. The fourth-order valence-electron chi connectivity index (χ4n) is 15.9. The number of morpholine rings is 4. The van der Waals surface area contributed by atoms with Crippen molar-refractivity contribution in [2.45, 2.75) is 13.8 Å². The lowest BCUT2D eigenvalue weighted by Crippen LogP contribution is -2.40. The molecule has 0 radical (unpaired) electrons. The SMILES string of the molecule is Cc1cc(-c2ccc3ncc(C#Cc4ccnc(N)c4)n3n2)ccc1C(=O)N1CCOCC1.Cc1ncc(C#Cc2cnc3ccc(-c4ccc(C(=O)N5CCOCC5)cc4)nn23)s1.Nc1cc(C#Cc2cnc3ccc(-c4ccc(C(=O)N5CCOCC5)c(Cl)c4)nn23)ccn1.O=C(c1ccc(-c2ccc3ncc(C#Cc4ccnc(Nc5ccccc5-c5ccccc5)c4)n3n2)cc1)N1CCOCC1. The van der Waals surface area contributed by atoms with E-state index in [1.807, 2.05) is 198 Å². The fraction of sp³-hybridized carbons (Fsp3) is 0.167. The van der Waals surface area contributed by atoms with Gasteiger partial charge in [0.05, 0.1) is 127 Å². The highest BCUT2D eigenvalue weighted by molar-refractivity contribution is 7.12. The number of fused-ring (bicyclic) bond motifs is 4. The molecule has 0 aliphatic carbocycles. The predicted octanol–water partition coefficient (Wildman–Crippen LogP) is 14.6. The molecule has 12 aromatic heterocycles. The number of nitrogen functional groups attached to an aromatic ring is 2. The first-order valence-corrected chi connectivity index (χ1v) is 46.5. The molecule has 4 fully saturated rings. The molecule has 0 atom stereocenters. The van der Waals surface area contributed by atoms with Crippen molar-refractivity contribution in [1.29, 1.82) is 0 Å². The van der Waals surface area contributed by atoms with Crippen LogP contribution >= 0.6 is 22.9 Å². The van der Waals surface area contributed by atoms with Gasteiger partial charge >= 0.3 is 0 Å². The van der Waals surface area contributed by atoms with E-state index in [1.165, 1.54) is 0 Å². The largest absolute Gasteiger partial charge is 0.384 e. The number of benzene rings is 6. The summed E-state index contributed by atoms with van der Waals surface area (Å²) in [6.45, 7) is 13.3. The van der Waals surface area contributed by atoms with Crippen LogP contribution in [0.2, 0.25) is 5.02 Å². The lowest BCUT2D eigenvalue weighted by atomic mass is 10.0. The minimum atomic E-state index is -0.0952. The van der Waals surface area contributed by atoms with E-state index in [0.29, 0.717) is 195 Å². The van der Waals surface area contributed by atoms with Gasteiger partial charge in [0.25, 0.3) is 23.6 Å². The number of thiazole rings is 1. The maximum atomic E-state index is 12.9. The van der Waals surface area contributed by atoms with Crippen LogP contribution in [0.4, 0.5) is 23.1 Å². The number of pyridine rings is 3. The molecule has 0 unspecified atom stereocenters. The molecule has 4 saturated heterocycles. The van der Waals surface area contributed by atoms with Gasteiger partial charge in [-0.05, 0) is 194 Å². The number of rotatable bonds is 11. The van der Waals surface area contributed by atoms with Crippen molar-refractivity contribution in [3.8, 4) is 104 Å². The van der Waals surface area contributed by atoms with Crippen LogP contribution in [0.25, 0.3) is 78.7 Å². The quantitative estimate of drug-likeness (QED) is 0.101. The number of hydrogen-bond donors (Lipinski definition) is 3. The summed E-state index contributed by atoms with van der Waals surface area (Å²) in [4.78, 5) is 93.6. The van der Waals surface area contributed by atoms with Crippen LogP contribution in [-0.2, 0) is 18.9 Å². The Bertz CT molecular complexity index is 7780. The summed E-state index contributed by atoms with van der Waals surface area (Å²) in [7, 11) is 0. The Morgan fingerprint density at radius 1 is 0.348 bits per heavy atom. The number of ether oxygens (including phenoxy) is 4. The Hall–Kier alpha value is -17.5. The van der Waals surface area contributed by atoms with Crippen molar-refractivity contribution < 1.29 is 38.1 Å². The van der Waals surface area contributed by atoms with E-state index in [0.717, 1.165) is 93.9 Å². The Morgan fingerprint density at radius 3 is 1.14 bits per heavy atom. The van der Waals surface area contributed by atoms with Gasteiger partial charge in [-0.1, -0.05) is 114 Å². The van der Waals surface area contributed by atoms with Crippen LogP contribution in [0.15, 0.2) is 274 Å². The molecule has 16 heterocycles. The zero-order chi connectivity index (χ0) is 96.5. The van der Waals surface area contributed by atoms with Crippen molar-refractivity contribution in [2.24, 2.45) is 0 Å². The van der Waals surface area contributed by atoms with Crippen LogP contribution in [-0.4, -0.2) is 227 Å². The summed E-state index contributed by atoms with van der Waals surface area (Å²) < 4.78 is 28.2. The second-order valence-corrected chi connectivity index (χ2v) is 34.3. The number of carbonyl (C=O) groups excluding carboxylic acids is 4. The van der Waals surface area contributed by atoms with Crippen LogP contribution in [0.5, 0.6) is 0 Å². The monoisotopic (exact) mass is 1900 g/mol. The zero-order valence-electron chi connectivity index (χ0n) is 76.4. The summed E-state index contributed by atoms with van der Waals surface area (Å²) in [5, 5.41) is 23.8. The van der Waals surface area contributed by atoms with Gasteiger partial charge in [0.1, 0.15) is 40.2 Å². The standard InChI is InChI=1S/C36H28N6O2.C25H22N6O2.C24H19ClN6O2.C23H19N5O2S/c43-36(41-20-22-44-23-21-41)29-13-11-28(12-14-29)32-16-17-35-38-25-30(42(35)40-32)15-10-26-18-19-37-34(24-26)39-33-9-5-4-8-31(33)27-6-2-1-3-7-27;1-17-14-19(3-5-21(17)25(32)30-10-12-33-13-11-30)22-6-7-24-28-16-20(31(24)29-22)4-2-18-8-9-27-23(26)15-18;25-20-14-17(2-4-19(20)24(32)30-9-11-33-12-10-30)21-5-6-23-28-15-18(31(23)29-21)3-1-16-7-8-27-22(26)13-16;1-16-24-15-20(31-16)7-6-19-14-25-22-9-8-21(26-28(19)22)17-2-4-18(5-3-17)23(29)27-10-12-30-13-11-27/h1-9,11-14,16-19,24-25H,20-23H2,(H,37,39);3,5-9,14-16H,10-13H2,1H3,(H2,26,27);2,4-8,13-15H,9-12H2,(H2,26,27);2-5,8-9,14-15H,10-13H2,1H3. The zero-order valence-corrected chi connectivity index (χ0v) is 78.0. The van der Waals surface area contributed by atoms with E-state index in [1.54, 1.807) is 120 Å². The van der Waals surface area contributed by atoms with Crippen molar-refractivity contribution in [2.75, 3.05) is 122 Å². The molecule has 4 aliphatic rings. The minimum Gasteiger partial charge on any atom is -0.384 e. The third kappa shape index (κ3) is 22.3. The maximum Gasteiger partial charge on any atom is 0.255 e. The molecule has 696 valence electrons. The Labute approximate surface area is 818 Å². The average molecular weight is 1900 g/mol. The highest BCUT2D eigenvalue weighted by Crippen LogP contribution is 2.33. The van der Waals surface area contributed by atoms with Gasteiger partial charge in [0.2, 0.25) is 0 Å². The topological polar surface area (TPSA) is 355 Å². The van der Waals surface area contributed by atoms with E-state index in [9.17, 15) is 19.2 Å². The molecule has 0 bridgehead atoms. The van der Waals surface area contributed by atoms with Gasteiger partial charge in [0.15, 0.2) is 22.6 Å². The van der Waals surface area contributed by atoms with Crippen molar-refractivity contribution in [3.63, 3.8) is 0 Å². The first kappa shape index (κ1) is 92.6. The first-order valence-electron chi connectivity index (χ1n) is 45.4. The smallest absolute Gasteiger partial charge is 0.255 e. The van der Waals surface area contributed by atoms with Crippen molar-refractivity contribution >= 4 is 92.3 Å². The van der Waals surface area contributed by atoms with Gasteiger partial charge in [-0.2, -0.15) is 20.4 Å². The fourth-order valence-corrected chi connectivity index (χ4v) is 16.8. The highest BCUT2D eigenvalue weighted by Gasteiger charge is 2.26. The molecule has 141 heavy (non-hydrogen) atoms. The van der Waals surface area contributed by atoms with Crippen LogP contribution in [0.3, 0.4) is 0 Å². The highest BCUT2D eigenvalue weighted by atomic mass is 35.5. The predicted molar refractivity (Wildman–Crippen MR) is 538 cm³/mol. The van der Waals surface area contributed by atoms with E-state index in [4.69, 9.17) is 57.3 Å². The number of aryl methyl sites for hydroxylation is 2. The van der Waals surface area contributed by atoms with Crippen LogP contribution in [0.1, 0.15) is 96.3 Å². The minimum absolute atomic E-state index is 0.0188. The average Bonchev–Trinajstić information content (AvgIpc) is 1.75. The summed E-state index contributed by atoms with van der Waals surface area (Å²) in [5.41, 5.74) is 32.4. The third-order valence-corrected chi connectivity index (χ3v) is 24.4. The number of nitrogens with two attached hydrogens (primary N) is 2. The second-order valence-electron chi connectivity index (χ2n) is 32.7. The van der Waals surface area contributed by atoms with Gasteiger partial charge < -0.3 is 55.3 Å². The number of para-hydroxylation sites is 1. The van der Waals surface area contributed by atoms with E-state index in [-0.39, 0.29) is 23.6 Å². The van der Waals surface area contributed by atoms with E-state index < -0.39 is 0 Å². The molecule has 33 heteroatoms. The number of nitrogens with zero attached hydrogens (tertiary/aromatic N) is 20. The van der Waals surface area contributed by atoms with Gasteiger partial charge in [-0.15, -0.1) is 11.3 Å².